The first-order chi connectivity index (χ1) is 13.4. The molecule has 0 radical (unpaired) electrons. The van der Waals surface area contributed by atoms with Gasteiger partial charge < -0.3 is 9.64 Å². The lowest BCUT2D eigenvalue weighted by molar-refractivity contribution is -0.154. The van der Waals surface area contributed by atoms with Gasteiger partial charge in [-0.15, -0.1) is 10.2 Å². The van der Waals surface area contributed by atoms with Crippen molar-refractivity contribution in [1.29, 1.82) is 0 Å². The normalized spacial score (nSPS) is 17.2. The Morgan fingerprint density at radius 3 is 2.82 bits per heavy atom. The molecule has 1 fully saturated rings. The Bertz CT molecular complexity index is 987. The van der Waals surface area contributed by atoms with Gasteiger partial charge in [0, 0.05) is 25.0 Å². The summed E-state index contributed by atoms with van der Waals surface area (Å²) in [6, 6.07) is 8.01. The third-order valence-electron chi connectivity index (χ3n) is 4.52. The Morgan fingerprint density at radius 2 is 2.07 bits per heavy atom. The van der Waals surface area contributed by atoms with Crippen LogP contribution in [0.15, 0.2) is 42.7 Å². The van der Waals surface area contributed by atoms with Gasteiger partial charge >= 0.3 is 6.18 Å². The van der Waals surface area contributed by atoms with Crippen LogP contribution >= 0.6 is 0 Å². The van der Waals surface area contributed by atoms with Crippen LogP contribution in [0.3, 0.4) is 0 Å². The Balaban J connectivity index is 1.52. The van der Waals surface area contributed by atoms with Gasteiger partial charge in [0.05, 0.1) is 11.6 Å². The van der Waals surface area contributed by atoms with E-state index in [1.165, 1.54) is 18.3 Å². The topological polar surface area (TPSA) is 72.6 Å². The number of rotatable bonds is 4. The summed E-state index contributed by atoms with van der Waals surface area (Å²) < 4.78 is 43.1. The number of carbonyl (C=O) groups excluding carboxylic acids is 1. The number of pyridine rings is 2. The molecule has 146 valence electrons. The fourth-order valence-electron chi connectivity index (χ4n) is 3.28. The number of amides is 1. The monoisotopic (exact) mass is 391 g/mol. The molecule has 1 aliphatic rings. The quantitative estimate of drug-likeness (QED) is 0.684. The minimum atomic E-state index is -4.44. The van der Waals surface area contributed by atoms with Crippen LogP contribution in [0.1, 0.15) is 35.1 Å². The lowest BCUT2D eigenvalue weighted by atomic mass is 10.2. The fourth-order valence-corrected chi connectivity index (χ4v) is 3.28. The van der Waals surface area contributed by atoms with Crippen molar-refractivity contribution in [2.45, 2.75) is 25.1 Å². The Kier molecular flexibility index (Phi) is 4.62. The molecule has 1 aliphatic heterocycles. The summed E-state index contributed by atoms with van der Waals surface area (Å²) in [7, 11) is 0. The van der Waals surface area contributed by atoms with E-state index in [2.05, 4.69) is 19.9 Å². The third kappa shape index (κ3) is 3.62. The molecule has 4 heterocycles. The summed E-state index contributed by atoms with van der Waals surface area (Å²) >= 11 is 0. The molecule has 7 nitrogen and oxygen atoms in total. The second-order valence-electron chi connectivity index (χ2n) is 6.43. The number of halogens is 3. The molecule has 1 amide bonds. The summed E-state index contributed by atoms with van der Waals surface area (Å²) in [6.07, 6.45) is 0.200. The van der Waals surface area contributed by atoms with E-state index in [0.29, 0.717) is 18.0 Å². The zero-order chi connectivity index (χ0) is 19.7. The van der Waals surface area contributed by atoms with Crippen molar-refractivity contribution in [3.05, 3.63) is 54.1 Å². The molecule has 1 atom stereocenters. The highest BCUT2D eigenvalue weighted by Crippen LogP contribution is 2.32. The Labute approximate surface area is 157 Å². The van der Waals surface area contributed by atoms with Crippen LogP contribution in [0, 0.1) is 0 Å². The van der Waals surface area contributed by atoms with E-state index < -0.39 is 12.8 Å². The first kappa shape index (κ1) is 18.2. The molecule has 3 aromatic rings. The second-order valence-corrected chi connectivity index (χ2v) is 6.43. The van der Waals surface area contributed by atoms with Gasteiger partial charge in [0.1, 0.15) is 0 Å². The standard InChI is InChI=1S/C18H16F3N5O2/c19-18(20,21)11-28-15-7-6-12(10-22-15)17(27)25-9-3-4-13(25)16-24-23-14-5-1-2-8-26(14)16/h1-2,5-8,10,13H,3-4,9,11H2. The molecule has 0 saturated carbocycles. The first-order valence-corrected chi connectivity index (χ1v) is 8.68. The van der Waals surface area contributed by atoms with E-state index in [1.54, 1.807) is 4.90 Å². The van der Waals surface area contributed by atoms with Gasteiger partial charge in [-0.05, 0) is 31.0 Å². The number of alkyl halides is 3. The van der Waals surface area contributed by atoms with Crippen LogP contribution in [-0.4, -0.2) is 49.7 Å². The number of ether oxygens (including phenoxy) is 1. The van der Waals surface area contributed by atoms with E-state index in [4.69, 9.17) is 0 Å². The molecule has 10 heteroatoms. The van der Waals surface area contributed by atoms with Gasteiger partial charge in [-0.2, -0.15) is 13.2 Å². The number of likely N-dealkylation sites (tertiary alicyclic amines) is 1. The zero-order valence-electron chi connectivity index (χ0n) is 14.6. The van der Waals surface area contributed by atoms with Crippen molar-refractivity contribution in [2.75, 3.05) is 13.2 Å². The molecular weight excluding hydrogens is 375 g/mol. The zero-order valence-corrected chi connectivity index (χ0v) is 14.6. The van der Waals surface area contributed by atoms with Crippen LogP contribution in [0.4, 0.5) is 13.2 Å². The van der Waals surface area contributed by atoms with Crippen molar-refractivity contribution >= 4 is 11.6 Å². The molecule has 4 rings (SSSR count). The van der Waals surface area contributed by atoms with Gasteiger partial charge in [-0.3, -0.25) is 9.20 Å². The predicted octanol–water partition coefficient (Wildman–Crippen LogP) is 3.04. The van der Waals surface area contributed by atoms with E-state index >= 15 is 0 Å². The molecule has 0 N–H and O–H groups in total. The van der Waals surface area contributed by atoms with Crippen molar-refractivity contribution < 1.29 is 22.7 Å². The number of nitrogens with zero attached hydrogens (tertiary/aromatic N) is 5. The Hall–Kier alpha value is -3.17. The lowest BCUT2D eigenvalue weighted by Crippen LogP contribution is -2.31. The minimum absolute atomic E-state index is 0.185. The van der Waals surface area contributed by atoms with Gasteiger partial charge in [0.2, 0.25) is 5.88 Å². The van der Waals surface area contributed by atoms with Gasteiger partial charge in [-0.25, -0.2) is 4.98 Å². The Morgan fingerprint density at radius 1 is 1.21 bits per heavy atom. The molecule has 0 aromatic carbocycles. The summed E-state index contributed by atoms with van der Waals surface area (Å²) in [5, 5.41) is 8.38. The highest BCUT2D eigenvalue weighted by atomic mass is 19.4. The summed E-state index contributed by atoms with van der Waals surface area (Å²) in [5.74, 6) is 0.236. The average molecular weight is 391 g/mol. The first-order valence-electron chi connectivity index (χ1n) is 8.68. The maximum absolute atomic E-state index is 12.9. The molecule has 28 heavy (non-hydrogen) atoms. The molecular formula is C18H16F3N5O2. The molecule has 0 bridgehead atoms. The van der Waals surface area contributed by atoms with Gasteiger partial charge in [0.25, 0.3) is 5.91 Å². The minimum Gasteiger partial charge on any atom is -0.468 e. The van der Waals surface area contributed by atoms with E-state index in [9.17, 15) is 18.0 Å². The van der Waals surface area contributed by atoms with Gasteiger partial charge in [-0.1, -0.05) is 6.07 Å². The lowest BCUT2D eigenvalue weighted by Gasteiger charge is -2.23. The van der Waals surface area contributed by atoms with E-state index in [-0.39, 0.29) is 23.4 Å². The number of fused-ring (bicyclic) bond motifs is 1. The number of hydrogen-bond donors (Lipinski definition) is 0. The van der Waals surface area contributed by atoms with E-state index in [0.717, 1.165) is 12.8 Å². The van der Waals surface area contributed by atoms with Crippen molar-refractivity contribution in [2.24, 2.45) is 0 Å². The summed E-state index contributed by atoms with van der Waals surface area (Å²) in [4.78, 5) is 18.4. The van der Waals surface area contributed by atoms with Crippen LogP contribution in [0.2, 0.25) is 0 Å². The maximum atomic E-state index is 12.9. The maximum Gasteiger partial charge on any atom is 0.422 e. The molecule has 3 aromatic heterocycles. The number of hydrogen-bond acceptors (Lipinski definition) is 5. The number of aromatic nitrogens is 4. The summed E-state index contributed by atoms with van der Waals surface area (Å²) in [5.41, 5.74) is 0.977. The number of carbonyl (C=O) groups is 1. The van der Waals surface area contributed by atoms with Crippen LogP contribution in [0.5, 0.6) is 5.88 Å². The fraction of sp³-hybridized carbons (Fsp3) is 0.333. The molecule has 0 aliphatic carbocycles. The van der Waals surface area contributed by atoms with Crippen molar-refractivity contribution in [3.63, 3.8) is 0 Å². The largest absolute Gasteiger partial charge is 0.468 e. The highest BCUT2D eigenvalue weighted by molar-refractivity contribution is 5.94. The van der Waals surface area contributed by atoms with Crippen molar-refractivity contribution in [3.8, 4) is 5.88 Å². The predicted molar refractivity (Wildman–Crippen MR) is 91.8 cm³/mol. The third-order valence-corrected chi connectivity index (χ3v) is 4.52. The van der Waals surface area contributed by atoms with E-state index in [1.807, 2.05) is 28.8 Å². The van der Waals surface area contributed by atoms with Crippen LogP contribution in [0.25, 0.3) is 5.65 Å². The molecule has 0 spiro atoms. The molecule has 1 saturated heterocycles. The van der Waals surface area contributed by atoms with Crippen molar-refractivity contribution in [1.82, 2.24) is 24.5 Å². The average Bonchev–Trinajstić information content (AvgIpc) is 3.32. The smallest absolute Gasteiger partial charge is 0.422 e. The molecule has 1 unspecified atom stereocenters. The summed E-state index contributed by atoms with van der Waals surface area (Å²) in [6.45, 7) is -0.876. The van der Waals surface area contributed by atoms with Gasteiger partial charge in [0.15, 0.2) is 18.1 Å². The highest BCUT2D eigenvalue weighted by Gasteiger charge is 2.34. The SMILES string of the molecule is O=C(c1ccc(OCC(F)(F)F)nc1)N1CCCC1c1nnc2ccccn12. The second kappa shape index (κ2) is 7.10. The van der Waals surface area contributed by atoms with Crippen LogP contribution in [-0.2, 0) is 0 Å². The van der Waals surface area contributed by atoms with Crippen LogP contribution < -0.4 is 4.74 Å².